The number of amides is 1. The molecule has 1 atom stereocenters. The van der Waals surface area contributed by atoms with Crippen LogP contribution in [0, 0.1) is 0 Å². The number of carbonyl (C=O) groups is 2. The summed E-state index contributed by atoms with van der Waals surface area (Å²) in [6, 6.07) is 10.7. The van der Waals surface area contributed by atoms with Crippen molar-refractivity contribution in [2.24, 2.45) is 0 Å². The van der Waals surface area contributed by atoms with E-state index < -0.39 is 12.0 Å². The summed E-state index contributed by atoms with van der Waals surface area (Å²) in [5.41, 5.74) is 1.08. The van der Waals surface area contributed by atoms with E-state index in [0.29, 0.717) is 6.54 Å². The lowest BCUT2D eigenvalue weighted by Crippen LogP contribution is -2.32. The molecule has 21 heavy (non-hydrogen) atoms. The van der Waals surface area contributed by atoms with Gasteiger partial charge in [0.25, 0.3) is 0 Å². The van der Waals surface area contributed by atoms with Crippen LogP contribution in [0.4, 0.5) is 0 Å². The van der Waals surface area contributed by atoms with Crippen LogP contribution in [0.25, 0.3) is 0 Å². The summed E-state index contributed by atoms with van der Waals surface area (Å²) < 4.78 is 1.35. The van der Waals surface area contributed by atoms with Gasteiger partial charge in [0.1, 0.15) is 6.04 Å². The topological polar surface area (TPSA) is 84.2 Å². The number of hydrogen-bond acceptors (Lipinski definition) is 3. The highest BCUT2D eigenvalue weighted by Gasteiger charge is 2.17. The monoisotopic (exact) mass is 287 g/mol. The van der Waals surface area contributed by atoms with Gasteiger partial charge in [0, 0.05) is 12.7 Å². The molecule has 0 aliphatic rings. The normalized spacial score (nSPS) is 11.9. The highest BCUT2D eigenvalue weighted by atomic mass is 16.4. The smallest absolute Gasteiger partial charge is 0.356 e. The van der Waals surface area contributed by atoms with Crippen LogP contribution in [0.1, 0.15) is 29.0 Å². The highest BCUT2D eigenvalue weighted by molar-refractivity contribution is 5.85. The predicted octanol–water partition coefficient (Wildman–Crippen LogP) is 1.50. The van der Waals surface area contributed by atoms with Crippen molar-refractivity contribution < 1.29 is 14.7 Å². The fraction of sp³-hybridized carbons (Fsp3) is 0.267. The van der Waals surface area contributed by atoms with E-state index in [1.54, 1.807) is 6.92 Å². The summed E-state index contributed by atoms with van der Waals surface area (Å²) in [5.74, 6) is -1.29. The van der Waals surface area contributed by atoms with E-state index in [9.17, 15) is 9.59 Å². The number of aromatic nitrogens is 2. The summed E-state index contributed by atoms with van der Waals surface area (Å²) >= 11 is 0. The third-order valence-corrected chi connectivity index (χ3v) is 3.16. The van der Waals surface area contributed by atoms with Crippen LogP contribution in [0.3, 0.4) is 0 Å². The lowest BCUT2D eigenvalue weighted by molar-refractivity contribution is -0.124. The van der Waals surface area contributed by atoms with Crippen LogP contribution in [0.2, 0.25) is 0 Å². The maximum absolute atomic E-state index is 12.0. The summed E-state index contributed by atoms with van der Waals surface area (Å²) in [6.45, 7) is 2.21. The molecule has 0 aliphatic heterocycles. The van der Waals surface area contributed by atoms with Crippen molar-refractivity contribution in [1.82, 2.24) is 15.1 Å². The van der Waals surface area contributed by atoms with E-state index in [2.05, 4.69) is 10.4 Å². The average molecular weight is 287 g/mol. The Morgan fingerprint density at radius 2 is 2.00 bits per heavy atom. The van der Waals surface area contributed by atoms with Crippen molar-refractivity contribution in [3.05, 3.63) is 53.9 Å². The van der Waals surface area contributed by atoms with Crippen LogP contribution in [-0.2, 0) is 11.2 Å². The molecule has 1 aromatic carbocycles. The number of aromatic carboxylic acids is 1. The second kappa shape index (κ2) is 6.69. The molecule has 0 spiro atoms. The Kier molecular flexibility index (Phi) is 4.71. The molecular weight excluding hydrogens is 270 g/mol. The van der Waals surface area contributed by atoms with E-state index in [0.717, 1.165) is 12.0 Å². The Hall–Kier alpha value is -2.63. The van der Waals surface area contributed by atoms with Crippen molar-refractivity contribution in [2.45, 2.75) is 19.4 Å². The summed E-state index contributed by atoms with van der Waals surface area (Å²) in [4.78, 5) is 22.8. The number of carbonyl (C=O) groups excluding carboxylic acids is 1. The Balaban J connectivity index is 1.86. The maximum Gasteiger partial charge on any atom is 0.356 e. The fourth-order valence-electron chi connectivity index (χ4n) is 1.91. The van der Waals surface area contributed by atoms with Crippen LogP contribution in [0.5, 0.6) is 0 Å². The number of nitrogens with one attached hydrogen (secondary N) is 1. The van der Waals surface area contributed by atoms with Gasteiger partial charge < -0.3 is 10.4 Å². The van der Waals surface area contributed by atoms with Gasteiger partial charge in [0.05, 0.1) is 0 Å². The Morgan fingerprint density at radius 3 is 2.62 bits per heavy atom. The van der Waals surface area contributed by atoms with Gasteiger partial charge in [-0.2, -0.15) is 5.10 Å². The molecule has 0 fully saturated rings. The second-order valence-corrected chi connectivity index (χ2v) is 4.69. The van der Waals surface area contributed by atoms with Gasteiger partial charge >= 0.3 is 5.97 Å². The van der Waals surface area contributed by atoms with Gasteiger partial charge in [0.15, 0.2) is 5.69 Å². The molecule has 110 valence electrons. The number of carboxylic acid groups (broad SMARTS) is 1. The first-order chi connectivity index (χ1) is 10.1. The molecule has 1 heterocycles. The van der Waals surface area contributed by atoms with Crippen LogP contribution in [-0.4, -0.2) is 33.3 Å². The standard InChI is InChI=1S/C15H17N3O3/c1-11(18-10-8-13(17-18)15(20)21)14(19)16-9-7-12-5-3-2-4-6-12/h2-6,8,10-11H,7,9H2,1H3,(H,16,19)(H,20,21). The number of nitrogens with zero attached hydrogens (tertiary/aromatic N) is 2. The van der Waals surface area contributed by atoms with E-state index in [1.807, 2.05) is 30.3 Å². The SMILES string of the molecule is CC(C(=O)NCCc1ccccc1)n1ccc(C(=O)O)n1. The third kappa shape index (κ3) is 3.92. The van der Waals surface area contributed by atoms with E-state index >= 15 is 0 Å². The molecule has 2 aromatic rings. The molecule has 0 radical (unpaired) electrons. The number of hydrogen-bond donors (Lipinski definition) is 2. The Bertz CT molecular complexity index is 622. The molecule has 2 N–H and O–H groups in total. The van der Waals surface area contributed by atoms with Crippen LogP contribution >= 0.6 is 0 Å². The van der Waals surface area contributed by atoms with E-state index in [4.69, 9.17) is 5.11 Å². The molecular formula is C15H17N3O3. The van der Waals surface area contributed by atoms with Gasteiger partial charge in [-0.3, -0.25) is 9.48 Å². The van der Waals surface area contributed by atoms with E-state index in [1.165, 1.54) is 16.9 Å². The average Bonchev–Trinajstić information content (AvgIpc) is 2.97. The molecule has 0 saturated heterocycles. The minimum absolute atomic E-state index is 0.0704. The van der Waals surface area contributed by atoms with Crippen molar-refractivity contribution >= 4 is 11.9 Å². The zero-order valence-electron chi connectivity index (χ0n) is 11.7. The van der Waals surface area contributed by atoms with Crippen molar-refractivity contribution in [3.63, 3.8) is 0 Å². The lowest BCUT2D eigenvalue weighted by atomic mass is 10.1. The first kappa shape index (κ1) is 14.8. The van der Waals surface area contributed by atoms with E-state index in [-0.39, 0.29) is 11.6 Å². The molecule has 1 aromatic heterocycles. The first-order valence-electron chi connectivity index (χ1n) is 6.68. The highest BCUT2D eigenvalue weighted by Crippen LogP contribution is 2.06. The maximum atomic E-state index is 12.0. The van der Waals surface area contributed by atoms with Gasteiger partial charge in [-0.05, 0) is 25.0 Å². The third-order valence-electron chi connectivity index (χ3n) is 3.16. The molecule has 2 rings (SSSR count). The number of carboxylic acids is 1. The number of benzene rings is 1. The summed E-state index contributed by atoms with van der Waals surface area (Å²) in [5, 5.41) is 15.5. The van der Waals surface area contributed by atoms with Gasteiger partial charge in [-0.15, -0.1) is 0 Å². The molecule has 0 aliphatic carbocycles. The molecule has 0 saturated carbocycles. The van der Waals surface area contributed by atoms with Crippen molar-refractivity contribution in [3.8, 4) is 0 Å². The zero-order chi connectivity index (χ0) is 15.2. The molecule has 0 bridgehead atoms. The van der Waals surface area contributed by atoms with Crippen molar-refractivity contribution in [1.29, 1.82) is 0 Å². The van der Waals surface area contributed by atoms with Crippen LogP contribution < -0.4 is 5.32 Å². The quantitative estimate of drug-likeness (QED) is 0.843. The molecule has 6 nitrogen and oxygen atoms in total. The Labute approximate surface area is 122 Å². The molecule has 1 unspecified atom stereocenters. The van der Waals surface area contributed by atoms with Crippen LogP contribution in [0.15, 0.2) is 42.6 Å². The summed E-state index contributed by atoms with van der Waals surface area (Å²) in [7, 11) is 0. The lowest BCUT2D eigenvalue weighted by Gasteiger charge is -2.12. The van der Waals surface area contributed by atoms with Gasteiger partial charge in [-0.1, -0.05) is 30.3 Å². The predicted molar refractivity (Wildman–Crippen MR) is 77.1 cm³/mol. The largest absolute Gasteiger partial charge is 0.476 e. The van der Waals surface area contributed by atoms with Crippen molar-refractivity contribution in [2.75, 3.05) is 6.54 Å². The minimum Gasteiger partial charge on any atom is -0.476 e. The molecule has 6 heteroatoms. The first-order valence-corrected chi connectivity index (χ1v) is 6.68. The second-order valence-electron chi connectivity index (χ2n) is 4.69. The number of rotatable bonds is 6. The van der Waals surface area contributed by atoms with Gasteiger partial charge in [0.2, 0.25) is 5.91 Å². The summed E-state index contributed by atoms with van der Waals surface area (Å²) in [6.07, 6.45) is 2.24. The van der Waals surface area contributed by atoms with Gasteiger partial charge in [-0.25, -0.2) is 4.79 Å². The minimum atomic E-state index is -1.11. The molecule has 1 amide bonds. The Morgan fingerprint density at radius 1 is 1.29 bits per heavy atom. The fourth-order valence-corrected chi connectivity index (χ4v) is 1.91. The zero-order valence-corrected chi connectivity index (χ0v) is 11.7.